The van der Waals surface area contributed by atoms with Gasteiger partial charge in [0.1, 0.15) is 0 Å². The fourth-order valence-electron chi connectivity index (χ4n) is 2.16. The van der Waals surface area contributed by atoms with Crippen molar-refractivity contribution < 1.29 is 4.79 Å². The molecule has 0 aliphatic heterocycles. The summed E-state index contributed by atoms with van der Waals surface area (Å²) in [5.74, 6) is 0.0933. The Balaban J connectivity index is 1.61. The molecule has 0 radical (unpaired) electrons. The van der Waals surface area contributed by atoms with Gasteiger partial charge in [0.05, 0.1) is 6.20 Å². The topological polar surface area (TPSA) is 83.8 Å². The summed E-state index contributed by atoms with van der Waals surface area (Å²) in [4.78, 5) is 11.8. The van der Waals surface area contributed by atoms with Gasteiger partial charge in [-0.3, -0.25) is 9.89 Å². The minimum atomic E-state index is 0.0933. The number of aromatic nitrogens is 2. The highest BCUT2D eigenvalue weighted by molar-refractivity contribution is 5.76. The number of nitrogens with zero attached hydrogens (tertiary/aromatic N) is 1. The third-order valence-electron chi connectivity index (χ3n) is 3.50. The average Bonchev–Trinajstić information content (AvgIpc) is 2.88. The number of H-pyrrole nitrogens is 1. The van der Waals surface area contributed by atoms with E-state index in [1.54, 1.807) is 0 Å². The quantitative estimate of drug-likeness (QED) is 0.537. The van der Waals surface area contributed by atoms with E-state index in [4.69, 9.17) is 5.73 Å². The summed E-state index contributed by atoms with van der Waals surface area (Å²) in [5.41, 5.74) is 9.82. The first kappa shape index (κ1) is 15.1. The van der Waals surface area contributed by atoms with E-state index in [9.17, 15) is 4.79 Å². The van der Waals surface area contributed by atoms with E-state index >= 15 is 0 Å². The van der Waals surface area contributed by atoms with Crippen LogP contribution in [0.3, 0.4) is 0 Å². The van der Waals surface area contributed by atoms with Gasteiger partial charge in [-0.15, -0.1) is 0 Å². The Hall–Kier alpha value is -2.30. The number of nitrogens with one attached hydrogen (secondary N) is 2. The molecule has 0 fully saturated rings. The minimum absolute atomic E-state index is 0.0933. The van der Waals surface area contributed by atoms with Gasteiger partial charge in [0, 0.05) is 24.3 Å². The Morgan fingerprint density at radius 1 is 1.29 bits per heavy atom. The summed E-state index contributed by atoms with van der Waals surface area (Å²) >= 11 is 0. The standard InChI is InChI=1S/C16H22N4O/c1-12-14(11-19-20-12)3-2-10-18-16(21)9-6-13-4-7-15(17)8-5-13/h4-5,7-8,11H,2-3,6,9-10,17H2,1H3,(H,18,21)(H,19,20). The zero-order valence-corrected chi connectivity index (χ0v) is 12.4. The number of hydrogen-bond donors (Lipinski definition) is 3. The van der Waals surface area contributed by atoms with Crippen molar-refractivity contribution in [3.8, 4) is 0 Å². The van der Waals surface area contributed by atoms with Crippen LogP contribution in [0.1, 0.15) is 29.7 Å². The second-order valence-corrected chi connectivity index (χ2v) is 5.22. The van der Waals surface area contributed by atoms with Gasteiger partial charge >= 0.3 is 0 Å². The van der Waals surface area contributed by atoms with Gasteiger partial charge < -0.3 is 11.1 Å². The average molecular weight is 286 g/mol. The van der Waals surface area contributed by atoms with Gasteiger partial charge in [0.25, 0.3) is 0 Å². The number of nitrogens with two attached hydrogens (primary N) is 1. The van der Waals surface area contributed by atoms with E-state index in [1.165, 1.54) is 5.56 Å². The highest BCUT2D eigenvalue weighted by atomic mass is 16.1. The van der Waals surface area contributed by atoms with Crippen LogP contribution in [0, 0.1) is 6.92 Å². The Morgan fingerprint density at radius 2 is 2.05 bits per heavy atom. The first-order valence-corrected chi connectivity index (χ1v) is 7.25. The van der Waals surface area contributed by atoms with E-state index < -0.39 is 0 Å². The second-order valence-electron chi connectivity index (χ2n) is 5.22. The largest absolute Gasteiger partial charge is 0.399 e. The van der Waals surface area contributed by atoms with Crippen molar-refractivity contribution in [3.05, 3.63) is 47.3 Å². The number of benzene rings is 1. The second kappa shape index (κ2) is 7.47. The highest BCUT2D eigenvalue weighted by Crippen LogP contribution is 2.08. The number of amides is 1. The molecule has 4 N–H and O–H groups in total. The van der Waals surface area contributed by atoms with Crippen molar-refractivity contribution in [2.45, 2.75) is 32.6 Å². The van der Waals surface area contributed by atoms with Crippen molar-refractivity contribution in [1.82, 2.24) is 15.5 Å². The molecule has 5 nitrogen and oxygen atoms in total. The van der Waals surface area contributed by atoms with E-state index in [2.05, 4.69) is 15.5 Å². The summed E-state index contributed by atoms with van der Waals surface area (Å²) in [5, 5.41) is 9.85. The van der Waals surface area contributed by atoms with Crippen molar-refractivity contribution in [3.63, 3.8) is 0 Å². The van der Waals surface area contributed by atoms with Crippen LogP contribution < -0.4 is 11.1 Å². The molecule has 1 aromatic carbocycles. The molecule has 21 heavy (non-hydrogen) atoms. The molecule has 5 heteroatoms. The number of aryl methyl sites for hydroxylation is 3. The van der Waals surface area contributed by atoms with Crippen LogP contribution in [0.2, 0.25) is 0 Å². The van der Waals surface area contributed by atoms with E-state index in [0.717, 1.165) is 36.2 Å². The summed E-state index contributed by atoms with van der Waals surface area (Å²) in [6, 6.07) is 7.65. The first-order valence-electron chi connectivity index (χ1n) is 7.25. The molecular formula is C16H22N4O. The van der Waals surface area contributed by atoms with E-state index in [0.29, 0.717) is 13.0 Å². The number of carbonyl (C=O) groups excluding carboxylic acids is 1. The molecule has 0 saturated carbocycles. The van der Waals surface area contributed by atoms with Crippen molar-refractivity contribution >= 4 is 11.6 Å². The number of aromatic amines is 1. The smallest absolute Gasteiger partial charge is 0.220 e. The molecule has 1 aromatic heterocycles. The fraction of sp³-hybridized carbons (Fsp3) is 0.375. The molecule has 112 valence electrons. The lowest BCUT2D eigenvalue weighted by Crippen LogP contribution is -2.25. The van der Waals surface area contributed by atoms with Gasteiger partial charge in [-0.05, 0) is 49.4 Å². The maximum Gasteiger partial charge on any atom is 0.220 e. The van der Waals surface area contributed by atoms with E-state index in [1.807, 2.05) is 37.4 Å². The molecule has 0 saturated heterocycles. The molecule has 0 unspecified atom stereocenters. The lowest BCUT2D eigenvalue weighted by molar-refractivity contribution is -0.121. The van der Waals surface area contributed by atoms with Gasteiger partial charge in [-0.1, -0.05) is 12.1 Å². The van der Waals surface area contributed by atoms with E-state index in [-0.39, 0.29) is 5.91 Å². The zero-order chi connectivity index (χ0) is 15.1. The Kier molecular flexibility index (Phi) is 5.37. The maximum absolute atomic E-state index is 11.8. The molecule has 0 spiro atoms. The summed E-state index contributed by atoms with van der Waals surface area (Å²) in [7, 11) is 0. The van der Waals surface area contributed by atoms with Crippen LogP contribution in [-0.2, 0) is 17.6 Å². The summed E-state index contributed by atoms with van der Waals surface area (Å²) in [6.45, 7) is 2.71. The molecule has 0 aliphatic carbocycles. The normalized spacial score (nSPS) is 10.5. The number of nitrogen functional groups attached to an aromatic ring is 1. The number of hydrogen-bond acceptors (Lipinski definition) is 3. The SMILES string of the molecule is Cc1[nH]ncc1CCCNC(=O)CCc1ccc(N)cc1. The van der Waals surface area contributed by atoms with Crippen LogP contribution >= 0.6 is 0 Å². The molecule has 2 rings (SSSR count). The van der Waals surface area contributed by atoms with Crippen LogP contribution in [-0.4, -0.2) is 22.6 Å². The third kappa shape index (κ3) is 4.95. The molecule has 0 atom stereocenters. The Morgan fingerprint density at radius 3 is 2.71 bits per heavy atom. The van der Waals surface area contributed by atoms with Gasteiger partial charge in [-0.25, -0.2) is 0 Å². The van der Waals surface area contributed by atoms with Gasteiger partial charge in [0.2, 0.25) is 5.91 Å². The first-order chi connectivity index (χ1) is 10.1. The van der Waals surface area contributed by atoms with Crippen molar-refractivity contribution in [1.29, 1.82) is 0 Å². The molecule has 1 heterocycles. The van der Waals surface area contributed by atoms with Crippen LogP contribution in [0.5, 0.6) is 0 Å². The van der Waals surface area contributed by atoms with Crippen molar-refractivity contribution in [2.24, 2.45) is 0 Å². The summed E-state index contributed by atoms with van der Waals surface area (Å²) < 4.78 is 0. The molecule has 2 aromatic rings. The maximum atomic E-state index is 11.8. The van der Waals surface area contributed by atoms with Gasteiger partial charge in [0.15, 0.2) is 0 Å². The van der Waals surface area contributed by atoms with Crippen LogP contribution in [0.4, 0.5) is 5.69 Å². The molecular weight excluding hydrogens is 264 g/mol. The molecule has 0 bridgehead atoms. The van der Waals surface area contributed by atoms with Crippen LogP contribution in [0.15, 0.2) is 30.5 Å². The minimum Gasteiger partial charge on any atom is -0.399 e. The van der Waals surface area contributed by atoms with Gasteiger partial charge in [-0.2, -0.15) is 5.10 Å². The van der Waals surface area contributed by atoms with Crippen molar-refractivity contribution in [2.75, 3.05) is 12.3 Å². The molecule has 1 amide bonds. The summed E-state index contributed by atoms with van der Waals surface area (Å²) in [6.07, 6.45) is 4.95. The Labute approximate surface area is 124 Å². The lowest BCUT2D eigenvalue weighted by Gasteiger charge is -2.05. The zero-order valence-electron chi connectivity index (χ0n) is 12.4. The number of rotatable bonds is 7. The Bertz CT molecular complexity index is 574. The molecule has 0 aliphatic rings. The highest BCUT2D eigenvalue weighted by Gasteiger charge is 2.03. The monoisotopic (exact) mass is 286 g/mol. The predicted octanol–water partition coefficient (Wildman–Crippen LogP) is 1.98. The fourth-order valence-corrected chi connectivity index (χ4v) is 2.16. The predicted molar refractivity (Wildman–Crippen MR) is 83.8 cm³/mol. The lowest BCUT2D eigenvalue weighted by atomic mass is 10.1. The van der Waals surface area contributed by atoms with Crippen LogP contribution in [0.25, 0.3) is 0 Å². The number of carbonyl (C=O) groups is 1. The third-order valence-corrected chi connectivity index (χ3v) is 3.50. The number of anilines is 1.